The molecule has 0 radical (unpaired) electrons. The molecule has 154 valence electrons. The Morgan fingerprint density at radius 2 is 1.96 bits per heavy atom. The Kier molecular flexibility index (Phi) is 7.05. The number of pyridine rings is 1. The zero-order chi connectivity index (χ0) is 20.1. The van der Waals surface area contributed by atoms with Gasteiger partial charge in [0.1, 0.15) is 0 Å². The lowest BCUT2D eigenvalue weighted by atomic mass is 9.92. The molecule has 3 rings (SSSR count). The van der Waals surface area contributed by atoms with Crippen LogP contribution in [0.2, 0.25) is 0 Å². The topological polar surface area (TPSA) is 56.8 Å². The second kappa shape index (κ2) is 9.50. The standard InChI is InChI=1S/C22H34N4O2/c1-17-20(7-4-12-23-17)22(28)26-13-5-6-18(16-26)8-9-21(27)25(3)19-10-14-24(2)15-11-19/h4,7,12,18-19H,5-6,8-11,13-16H2,1-3H3. The van der Waals surface area contributed by atoms with Gasteiger partial charge in [-0.05, 0) is 77.2 Å². The van der Waals surface area contributed by atoms with Gasteiger partial charge in [0.15, 0.2) is 0 Å². The Balaban J connectivity index is 1.49. The summed E-state index contributed by atoms with van der Waals surface area (Å²) in [4.78, 5) is 36.0. The Labute approximate surface area is 168 Å². The highest BCUT2D eigenvalue weighted by Crippen LogP contribution is 2.24. The van der Waals surface area contributed by atoms with E-state index in [-0.39, 0.29) is 11.8 Å². The maximum atomic E-state index is 12.9. The largest absolute Gasteiger partial charge is 0.343 e. The SMILES string of the molecule is Cc1ncccc1C(=O)N1CCCC(CCC(=O)N(C)C2CCN(C)CC2)C1. The summed E-state index contributed by atoms with van der Waals surface area (Å²) in [6.07, 6.45) is 7.41. The van der Waals surface area contributed by atoms with Crippen LogP contribution in [0, 0.1) is 12.8 Å². The highest BCUT2D eigenvalue weighted by atomic mass is 16.2. The number of carbonyl (C=O) groups is 2. The Morgan fingerprint density at radius 3 is 2.68 bits per heavy atom. The lowest BCUT2D eigenvalue weighted by Gasteiger charge is -2.36. The van der Waals surface area contributed by atoms with Gasteiger partial charge in [0.25, 0.3) is 5.91 Å². The molecule has 1 aromatic heterocycles. The van der Waals surface area contributed by atoms with Crippen molar-refractivity contribution in [2.75, 3.05) is 40.3 Å². The molecule has 1 unspecified atom stereocenters. The lowest BCUT2D eigenvalue weighted by Crippen LogP contribution is -2.45. The van der Waals surface area contributed by atoms with E-state index in [0.717, 1.165) is 64.0 Å². The molecule has 1 aromatic rings. The molecule has 2 fully saturated rings. The number of likely N-dealkylation sites (tertiary alicyclic amines) is 2. The molecule has 2 aliphatic heterocycles. The van der Waals surface area contributed by atoms with E-state index < -0.39 is 0 Å². The summed E-state index contributed by atoms with van der Waals surface area (Å²) in [5, 5.41) is 0. The molecule has 0 bridgehead atoms. The summed E-state index contributed by atoms with van der Waals surface area (Å²) in [5.41, 5.74) is 1.48. The fourth-order valence-electron chi connectivity index (χ4n) is 4.46. The van der Waals surface area contributed by atoms with Crippen LogP contribution in [-0.4, -0.2) is 77.8 Å². The fraction of sp³-hybridized carbons (Fsp3) is 0.682. The molecule has 3 heterocycles. The molecule has 2 saturated heterocycles. The zero-order valence-electron chi connectivity index (χ0n) is 17.6. The first-order valence-electron chi connectivity index (χ1n) is 10.6. The summed E-state index contributed by atoms with van der Waals surface area (Å²) in [6, 6.07) is 4.05. The average Bonchev–Trinajstić information content (AvgIpc) is 2.72. The van der Waals surface area contributed by atoms with Crippen LogP contribution >= 0.6 is 0 Å². The highest BCUT2D eigenvalue weighted by Gasteiger charge is 2.28. The van der Waals surface area contributed by atoms with Crippen LogP contribution < -0.4 is 0 Å². The Bertz CT molecular complexity index is 685. The number of hydrogen-bond donors (Lipinski definition) is 0. The second-order valence-corrected chi connectivity index (χ2v) is 8.47. The van der Waals surface area contributed by atoms with Crippen molar-refractivity contribution in [2.45, 2.75) is 51.5 Å². The van der Waals surface area contributed by atoms with E-state index in [1.165, 1.54) is 0 Å². The summed E-state index contributed by atoms with van der Waals surface area (Å²) in [5.74, 6) is 0.732. The molecule has 0 saturated carbocycles. The first-order valence-corrected chi connectivity index (χ1v) is 10.6. The lowest BCUT2D eigenvalue weighted by molar-refractivity contribution is -0.133. The first kappa shape index (κ1) is 20.8. The van der Waals surface area contributed by atoms with E-state index in [1.807, 2.05) is 35.9 Å². The van der Waals surface area contributed by atoms with Gasteiger partial charge in [-0.3, -0.25) is 14.6 Å². The summed E-state index contributed by atoms with van der Waals surface area (Å²) >= 11 is 0. The normalized spacial score (nSPS) is 21.5. The third kappa shape index (κ3) is 5.10. The van der Waals surface area contributed by atoms with Crippen LogP contribution in [-0.2, 0) is 4.79 Å². The van der Waals surface area contributed by atoms with E-state index in [4.69, 9.17) is 0 Å². The predicted octanol–water partition coefficient (Wildman–Crippen LogP) is 2.58. The number of carbonyl (C=O) groups excluding carboxylic acids is 2. The molecular formula is C22H34N4O2. The van der Waals surface area contributed by atoms with Gasteiger partial charge in [-0.2, -0.15) is 0 Å². The van der Waals surface area contributed by atoms with Crippen LogP contribution in [0.4, 0.5) is 0 Å². The number of aromatic nitrogens is 1. The van der Waals surface area contributed by atoms with Gasteiger partial charge in [0, 0.05) is 44.5 Å². The molecule has 0 N–H and O–H groups in total. The minimum Gasteiger partial charge on any atom is -0.343 e. The smallest absolute Gasteiger partial charge is 0.255 e. The second-order valence-electron chi connectivity index (χ2n) is 8.47. The Morgan fingerprint density at radius 1 is 1.21 bits per heavy atom. The molecule has 6 heteroatoms. The summed E-state index contributed by atoms with van der Waals surface area (Å²) < 4.78 is 0. The maximum Gasteiger partial charge on any atom is 0.255 e. The van der Waals surface area contributed by atoms with Crippen molar-refractivity contribution in [3.05, 3.63) is 29.6 Å². The average molecular weight is 387 g/mol. The quantitative estimate of drug-likeness (QED) is 0.780. The zero-order valence-corrected chi connectivity index (χ0v) is 17.6. The van der Waals surface area contributed by atoms with Crippen molar-refractivity contribution in [2.24, 2.45) is 5.92 Å². The van der Waals surface area contributed by atoms with E-state index in [1.54, 1.807) is 6.20 Å². The number of aryl methyl sites for hydroxylation is 1. The minimum absolute atomic E-state index is 0.0741. The first-order chi connectivity index (χ1) is 13.5. The maximum absolute atomic E-state index is 12.9. The van der Waals surface area contributed by atoms with Gasteiger partial charge in [0.05, 0.1) is 5.56 Å². The number of nitrogens with zero attached hydrogens (tertiary/aromatic N) is 4. The van der Waals surface area contributed by atoms with Crippen molar-refractivity contribution < 1.29 is 9.59 Å². The van der Waals surface area contributed by atoms with Crippen LogP contribution in [0.3, 0.4) is 0 Å². The van der Waals surface area contributed by atoms with Gasteiger partial charge >= 0.3 is 0 Å². The number of hydrogen-bond acceptors (Lipinski definition) is 4. The van der Waals surface area contributed by atoms with Crippen LogP contribution in [0.15, 0.2) is 18.3 Å². The van der Waals surface area contributed by atoms with Crippen molar-refractivity contribution >= 4 is 11.8 Å². The van der Waals surface area contributed by atoms with Crippen molar-refractivity contribution in [3.8, 4) is 0 Å². The van der Waals surface area contributed by atoms with E-state index in [9.17, 15) is 9.59 Å². The van der Waals surface area contributed by atoms with E-state index in [0.29, 0.717) is 23.9 Å². The number of piperidine rings is 2. The highest BCUT2D eigenvalue weighted by molar-refractivity contribution is 5.95. The Hall–Kier alpha value is -1.95. The molecular weight excluding hydrogens is 352 g/mol. The molecule has 1 atom stereocenters. The van der Waals surface area contributed by atoms with Gasteiger partial charge in [0.2, 0.25) is 5.91 Å². The van der Waals surface area contributed by atoms with Gasteiger partial charge < -0.3 is 14.7 Å². The molecule has 0 aromatic carbocycles. The van der Waals surface area contributed by atoms with E-state index in [2.05, 4.69) is 16.9 Å². The molecule has 6 nitrogen and oxygen atoms in total. The van der Waals surface area contributed by atoms with Gasteiger partial charge in [-0.15, -0.1) is 0 Å². The number of rotatable bonds is 5. The third-order valence-electron chi connectivity index (χ3n) is 6.44. The van der Waals surface area contributed by atoms with Crippen molar-refractivity contribution in [3.63, 3.8) is 0 Å². The van der Waals surface area contributed by atoms with Gasteiger partial charge in [-0.1, -0.05) is 0 Å². The van der Waals surface area contributed by atoms with Crippen LogP contribution in [0.5, 0.6) is 0 Å². The van der Waals surface area contributed by atoms with E-state index >= 15 is 0 Å². The van der Waals surface area contributed by atoms with Gasteiger partial charge in [-0.25, -0.2) is 0 Å². The molecule has 2 amide bonds. The van der Waals surface area contributed by atoms with Crippen LogP contribution in [0.25, 0.3) is 0 Å². The monoisotopic (exact) mass is 386 g/mol. The van der Waals surface area contributed by atoms with Crippen LogP contribution in [0.1, 0.15) is 54.6 Å². The summed E-state index contributed by atoms with van der Waals surface area (Å²) in [7, 11) is 4.10. The minimum atomic E-state index is 0.0741. The molecule has 0 spiro atoms. The predicted molar refractivity (Wildman–Crippen MR) is 110 cm³/mol. The summed E-state index contributed by atoms with van der Waals surface area (Å²) in [6.45, 7) is 5.56. The molecule has 28 heavy (non-hydrogen) atoms. The molecule has 2 aliphatic rings. The third-order valence-corrected chi connectivity index (χ3v) is 6.44. The number of amides is 2. The fourth-order valence-corrected chi connectivity index (χ4v) is 4.46. The van der Waals surface area contributed by atoms with Crippen molar-refractivity contribution in [1.82, 2.24) is 19.7 Å². The van der Waals surface area contributed by atoms with Crippen molar-refractivity contribution in [1.29, 1.82) is 0 Å². The molecule has 0 aliphatic carbocycles.